The third-order valence-corrected chi connectivity index (χ3v) is 2.26. The summed E-state index contributed by atoms with van der Waals surface area (Å²) < 4.78 is 4.94. The first-order chi connectivity index (χ1) is 7.70. The SMILES string of the molecule is NC(=O)N(C(=O)c1ccco1)N1CCNC1. The van der Waals surface area contributed by atoms with Gasteiger partial charge in [0.05, 0.1) is 12.9 Å². The van der Waals surface area contributed by atoms with Crippen molar-refractivity contribution < 1.29 is 14.0 Å². The van der Waals surface area contributed by atoms with E-state index >= 15 is 0 Å². The monoisotopic (exact) mass is 224 g/mol. The molecule has 2 rings (SSSR count). The number of furan rings is 1. The van der Waals surface area contributed by atoms with Crippen LogP contribution in [0.25, 0.3) is 0 Å². The van der Waals surface area contributed by atoms with Crippen molar-refractivity contribution in [3.05, 3.63) is 24.2 Å². The number of urea groups is 1. The van der Waals surface area contributed by atoms with Crippen LogP contribution in [-0.2, 0) is 0 Å². The number of amides is 3. The van der Waals surface area contributed by atoms with Crippen LogP contribution in [0.2, 0.25) is 0 Å². The topological polar surface area (TPSA) is 91.8 Å². The predicted octanol–water partition coefficient (Wildman–Crippen LogP) is -0.422. The highest BCUT2D eigenvalue weighted by molar-refractivity contribution is 6.01. The number of hydrazine groups is 1. The largest absolute Gasteiger partial charge is 0.459 e. The van der Waals surface area contributed by atoms with Gasteiger partial charge in [-0.15, -0.1) is 0 Å². The van der Waals surface area contributed by atoms with Crippen LogP contribution in [0.5, 0.6) is 0 Å². The zero-order valence-corrected chi connectivity index (χ0v) is 8.55. The Morgan fingerprint density at radius 1 is 1.56 bits per heavy atom. The highest BCUT2D eigenvalue weighted by Crippen LogP contribution is 2.09. The minimum Gasteiger partial charge on any atom is -0.459 e. The summed E-state index contributed by atoms with van der Waals surface area (Å²) in [6, 6.07) is 2.25. The summed E-state index contributed by atoms with van der Waals surface area (Å²) in [5.74, 6) is -0.466. The van der Waals surface area contributed by atoms with E-state index in [0.29, 0.717) is 19.8 Å². The van der Waals surface area contributed by atoms with Crippen LogP contribution in [0.4, 0.5) is 4.79 Å². The molecule has 1 aromatic heterocycles. The highest BCUT2D eigenvalue weighted by atomic mass is 16.3. The Morgan fingerprint density at radius 3 is 2.88 bits per heavy atom. The molecule has 0 unspecified atom stereocenters. The molecule has 3 N–H and O–H groups in total. The lowest BCUT2D eigenvalue weighted by atomic mass is 10.4. The van der Waals surface area contributed by atoms with E-state index in [0.717, 1.165) is 5.01 Å². The van der Waals surface area contributed by atoms with Crippen molar-refractivity contribution in [3.8, 4) is 0 Å². The predicted molar refractivity (Wildman–Crippen MR) is 54.0 cm³/mol. The molecular weight excluding hydrogens is 212 g/mol. The van der Waals surface area contributed by atoms with Crippen LogP contribution >= 0.6 is 0 Å². The van der Waals surface area contributed by atoms with Crippen LogP contribution in [0.15, 0.2) is 22.8 Å². The Morgan fingerprint density at radius 2 is 2.38 bits per heavy atom. The van der Waals surface area contributed by atoms with E-state index in [2.05, 4.69) is 5.32 Å². The summed E-state index contributed by atoms with van der Waals surface area (Å²) >= 11 is 0. The molecule has 1 aliphatic rings. The van der Waals surface area contributed by atoms with Crippen molar-refractivity contribution in [2.45, 2.75) is 0 Å². The quantitative estimate of drug-likeness (QED) is 0.711. The van der Waals surface area contributed by atoms with Crippen molar-refractivity contribution in [3.63, 3.8) is 0 Å². The highest BCUT2D eigenvalue weighted by Gasteiger charge is 2.30. The number of nitrogens with one attached hydrogen (secondary N) is 1. The molecule has 0 aliphatic carbocycles. The molecule has 3 amide bonds. The number of hydrogen-bond acceptors (Lipinski definition) is 5. The maximum absolute atomic E-state index is 11.9. The average Bonchev–Trinajstić information content (AvgIpc) is 2.89. The van der Waals surface area contributed by atoms with Gasteiger partial charge < -0.3 is 15.5 Å². The number of primary amides is 1. The molecule has 0 aromatic carbocycles. The van der Waals surface area contributed by atoms with E-state index in [1.807, 2.05) is 0 Å². The Labute approximate surface area is 91.7 Å². The van der Waals surface area contributed by atoms with Gasteiger partial charge in [-0.05, 0) is 12.1 Å². The number of carbonyl (C=O) groups excluding carboxylic acids is 2. The minimum absolute atomic E-state index is 0.0886. The number of nitrogens with zero attached hydrogens (tertiary/aromatic N) is 2. The van der Waals surface area contributed by atoms with Gasteiger partial charge in [-0.3, -0.25) is 4.79 Å². The molecule has 1 aliphatic heterocycles. The van der Waals surface area contributed by atoms with Gasteiger partial charge in [0.1, 0.15) is 0 Å². The zero-order valence-electron chi connectivity index (χ0n) is 8.55. The fraction of sp³-hybridized carbons (Fsp3) is 0.333. The van der Waals surface area contributed by atoms with Crippen molar-refractivity contribution in [1.29, 1.82) is 0 Å². The molecule has 7 nitrogen and oxygen atoms in total. The maximum atomic E-state index is 11.9. The lowest BCUT2D eigenvalue weighted by molar-refractivity contribution is 0.0258. The van der Waals surface area contributed by atoms with Crippen molar-refractivity contribution in [1.82, 2.24) is 15.3 Å². The summed E-state index contributed by atoms with van der Waals surface area (Å²) in [4.78, 5) is 23.1. The maximum Gasteiger partial charge on any atom is 0.336 e. The van der Waals surface area contributed by atoms with Gasteiger partial charge in [0, 0.05) is 13.1 Å². The van der Waals surface area contributed by atoms with Crippen LogP contribution in [0.3, 0.4) is 0 Å². The Bertz CT molecular complexity index is 383. The van der Waals surface area contributed by atoms with E-state index in [1.165, 1.54) is 17.3 Å². The second-order valence-corrected chi connectivity index (χ2v) is 3.32. The smallest absolute Gasteiger partial charge is 0.336 e. The van der Waals surface area contributed by atoms with E-state index in [4.69, 9.17) is 10.2 Å². The summed E-state index contributed by atoms with van der Waals surface area (Å²) in [5.41, 5.74) is 5.18. The van der Waals surface area contributed by atoms with Crippen LogP contribution < -0.4 is 11.1 Å². The molecule has 0 bridgehead atoms. The van der Waals surface area contributed by atoms with E-state index < -0.39 is 11.9 Å². The zero-order chi connectivity index (χ0) is 11.5. The molecule has 0 radical (unpaired) electrons. The third kappa shape index (κ3) is 1.90. The van der Waals surface area contributed by atoms with E-state index in [9.17, 15) is 9.59 Å². The van der Waals surface area contributed by atoms with Gasteiger partial charge in [0.15, 0.2) is 5.76 Å². The fourth-order valence-corrected chi connectivity index (χ4v) is 1.54. The molecule has 16 heavy (non-hydrogen) atoms. The second kappa shape index (κ2) is 4.33. The third-order valence-electron chi connectivity index (χ3n) is 2.26. The molecule has 0 spiro atoms. The summed E-state index contributed by atoms with van der Waals surface area (Å²) in [5, 5.41) is 5.42. The standard InChI is InChI=1S/C9H12N4O3/c10-9(15)13(12-4-3-11-6-12)8(14)7-2-1-5-16-7/h1-2,5,11H,3-4,6H2,(H2,10,15). The van der Waals surface area contributed by atoms with Crippen LogP contribution in [0.1, 0.15) is 10.6 Å². The van der Waals surface area contributed by atoms with E-state index in [-0.39, 0.29) is 5.76 Å². The van der Waals surface area contributed by atoms with Crippen LogP contribution in [0, 0.1) is 0 Å². The molecule has 1 saturated heterocycles. The van der Waals surface area contributed by atoms with Gasteiger partial charge in [-0.25, -0.2) is 4.79 Å². The summed E-state index contributed by atoms with van der Waals surface area (Å²) in [6.07, 6.45) is 1.37. The number of imide groups is 1. The van der Waals surface area contributed by atoms with Gasteiger partial charge in [-0.2, -0.15) is 10.0 Å². The summed E-state index contributed by atoms with van der Waals surface area (Å²) in [7, 11) is 0. The van der Waals surface area contributed by atoms with Crippen molar-refractivity contribution in [2.75, 3.05) is 19.8 Å². The number of carbonyl (C=O) groups is 2. The normalized spacial score (nSPS) is 16.2. The van der Waals surface area contributed by atoms with Gasteiger partial charge in [0.25, 0.3) is 0 Å². The molecule has 1 fully saturated rings. The molecule has 0 atom stereocenters. The van der Waals surface area contributed by atoms with Gasteiger partial charge in [-0.1, -0.05) is 0 Å². The molecule has 1 aromatic rings. The lowest BCUT2D eigenvalue weighted by Crippen LogP contribution is -2.51. The number of hydrogen-bond donors (Lipinski definition) is 2. The lowest BCUT2D eigenvalue weighted by Gasteiger charge is -2.26. The van der Waals surface area contributed by atoms with Crippen LogP contribution in [-0.4, -0.2) is 41.7 Å². The molecule has 0 saturated carbocycles. The molecule has 7 heteroatoms. The first-order valence-corrected chi connectivity index (χ1v) is 4.83. The van der Waals surface area contributed by atoms with Crippen molar-refractivity contribution >= 4 is 11.9 Å². The Kier molecular flexibility index (Phi) is 2.88. The Hall–Kier alpha value is -1.86. The Balaban J connectivity index is 2.19. The van der Waals surface area contributed by atoms with E-state index in [1.54, 1.807) is 6.07 Å². The molecule has 2 heterocycles. The second-order valence-electron chi connectivity index (χ2n) is 3.32. The summed E-state index contributed by atoms with van der Waals surface area (Å²) in [6.45, 7) is 1.67. The first-order valence-electron chi connectivity index (χ1n) is 4.83. The first kappa shape index (κ1) is 10.7. The molecule has 86 valence electrons. The van der Waals surface area contributed by atoms with Gasteiger partial charge >= 0.3 is 11.9 Å². The number of rotatable bonds is 2. The van der Waals surface area contributed by atoms with Gasteiger partial charge in [0.2, 0.25) is 0 Å². The average molecular weight is 224 g/mol. The minimum atomic E-state index is -0.815. The molecular formula is C9H12N4O3. The van der Waals surface area contributed by atoms with Crippen molar-refractivity contribution in [2.24, 2.45) is 5.73 Å². The fourth-order valence-electron chi connectivity index (χ4n) is 1.54. The number of nitrogens with two attached hydrogens (primary N) is 1.